The van der Waals surface area contributed by atoms with Crippen molar-refractivity contribution in [3.05, 3.63) is 11.3 Å². The first kappa shape index (κ1) is 8.11. The number of rotatable bonds is 2. The van der Waals surface area contributed by atoms with Crippen molar-refractivity contribution in [1.82, 2.24) is 0 Å². The smallest absolute Gasteiger partial charge is 0.211 e. The van der Waals surface area contributed by atoms with E-state index >= 15 is 0 Å². The molecule has 1 saturated carbocycles. The van der Waals surface area contributed by atoms with Crippen LogP contribution in [0.1, 0.15) is 19.3 Å². The molecule has 13 heavy (non-hydrogen) atoms. The molecule has 0 heterocycles. The van der Waals surface area contributed by atoms with Crippen molar-refractivity contribution in [2.45, 2.75) is 25.3 Å². The maximum absolute atomic E-state index is 10.1. The maximum Gasteiger partial charge on any atom is 0.240 e. The molecule has 0 saturated heterocycles. The lowest BCUT2D eigenvalue weighted by Gasteiger charge is -2.11. The van der Waals surface area contributed by atoms with Crippen LogP contribution < -0.4 is 0 Å². The van der Waals surface area contributed by atoms with Crippen LogP contribution in [0.4, 0.5) is 0 Å². The lowest BCUT2D eigenvalue weighted by atomic mass is 10.0. The molecule has 0 aliphatic heterocycles. The van der Waals surface area contributed by atoms with Crippen molar-refractivity contribution in [1.29, 1.82) is 0 Å². The van der Waals surface area contributed by atoms with Crippen LogP contribution in [0.2, 0.25) is 0 Å². The number of allylic oxidation sites excluding steroid dienone is 1. The number of isocyanates is 2. The zero-order valence-electron chi connectivity index (χ0n) is 6.99. The highest BCUT2D eigenvalue weighted by Gasteiger charge is 2.37. The Kier molecular flexibility index (Phi) is 1.93. The molecule has 2 aliphatic rings. The minimum atomic E-state index is -0.0663. The Bertz CT molecular complexity index is 360. The van der Waals surface area contributed by atoms with E-state index in [9.17, 15) is 9.59 Å². The minimum absolute atomic E-state index is 0.0663. The summed E-state index contributed by atoms with van der Waals surface area (Å²) in [7, 11) is 0. The number of aliphatic imine (C=N–C) groups is 2. The largest absolute Gasteiger partial charge is 0.240 e. The first-order valence-corrected chi connectivity index (χ1v) is 4.22. The highest BCUT2D eigenvalue weighted by molar-refractivity contribution is 5.44. The summed E-state index contributed by atoms with van der Waals surface area (Å²) in [5, 5.41) is 0. The van der Waals surface area contributed by atoms with E-state index < -0.39 is 0 Å². The summed E-state index contributed by atoms with van der Waals surface area (Å²) < 4.78 is 0. The SMILES string of the molecule is O=C=NC1=C2CC(C1)CC2N=C=O. The van der Waals surface area contributed by atoms with Crippen molar-refractivity contribution in [3.8, 4) is 0 Å². The molecule has 4 heteroatoms. The number of hydrogen-bond acceptors (Lipinski definition) is 4. The van der Waals surface area contributed by atoms with Crippen LogP contribution in [0.25, 0.3) is 0 Å². The van der Waals surface area contributed by atoms with Crippen LogP contribution in [0.5, 0.6) is 0 Å². The summed E-state index contributed by atoms with van der Waals surface area (Å²) >= 11 is 0. The maximum atomic E-state index is 10.1. The topological polar surface area (TPSA) is 58.9 Å². The molecule has 4 nitrogen and oxygen atoms in total. The zero-order chi connectivity index (χ0) is 9.26. The van der Waals surface area contributed by atoms with E-state index in [0.29, 0.717) is 5.92 Å². The van der Waals surface area contributed by atoms with Gasteiger partial charge in [0.1, 0.15) is 0 Å². The second-order valence-corrected chi connectivity index (χ2v) is 3.42. The fourth-order valence-corrected chi connectivity index (χ4v) is 2.23. The lowest BCUT2D eigenvalue weighted by molar-refractivity contribution is 0.523. The number of carbonyl (C=O) groups excluding carboxylic acids is 2. The number of fused-ring (bicyclic) bond motifs is 2. The number of hydrogen-bond donors (Lipinski definition) is 0. The van der Waals surface area contributed by atoms with Crippen LogP contribution in [-0.2, 0) is 9.59 Å². The van der Waals surface area contributed by atoms with Gasteiger partial charge in [-0.3, -0.25) is 0 Å². The second-order valence-electron chi connectivity index (χ2n) is 3.42. The van der Waals surface area contributed by atoms with E-state index in [-0.39, 0.29) is 6.04 Å². The Morgan fingerprint density at radius 1 is 1.23 bits per heavy atom. The standard InChI is InChI=1S/C9H8N2O2/c12-4-10-8-2-6-1-7(8)9(3-6)11-5-13/h6,8H,1-3H2. The molecule has 2 unspecified atom stereocenters. The second kappa shape index (κ2) is 3.09. The Morgan fingerprint density at radius 2 is 2.08 bits per heavy atom. The van der Waals surface area contributed by atoms with Gasteiger partial charge in [0.05, 0.1) is 11.7 Å². The molecular weight excluding hydrogens is 168 g/mol. The minimum Gasteiger partial charge on any atom is -0.211 e. The van der Waals surface area contributed by atoms with E-state index in [4.69, 9.17) is 0 Å². The third-order valence-corrected chi connectivity index (χ3v) is 2.71. The first-order chi connectivity index (χ1) is 6.35. The van der Waals surface area contributed by atoms with Gasteiger partial charge in [-0.1, -0.05) is 0 Å². The third-order valence-electron chi connectivity index (χ3n) is 2.71. The fourth-order valence-electron chi connectivity index (χ4n) is 2.23. The van der Waals surface area contributed by atoms with Gasteiger partial charge in [0.25, 0.3) is 0 Å². The van der Waals surface area contributed by atoms with Crippen molar-refractivity contribution in [3.63, 3.8) is 0 Å². The summed E-state index contributed by atoms with van der Waals surface area (Å²) in [6, 6.07) is -0.0663. The van der Waals surface area contributed by atoms with Gasteiger partial charge in [0.15, 0.2) is 0 Å². The first-order valence-electron chi connectivity index (χ1n) is 4.22. The molecule has 0 aromatic heterocycles. The molecule has 0 amide bonds. The summed E-state index contributed by atoms with van der Waals surface area (Å²) in [5.74, 6) is 0.518. The molecule has 0 aromatic carbocycles. The Balaban J connectivity index is 2.33. The third kappa shape index (κ3) is 1.26. The highest BCUT2D eigenvalue weighted by atomic mass is 16.1. The normalized spacial score (nSPS) is 29.8. The Hall–Kier alpha value is -1.50. The molecule has 2 aliphatic carbocycles. The van der Waals surface area contributed by atoms with Crippen LogP contribution in [0.3, 0.4) is 0 Å². The number of nitrogens with zero attached hydrogens (tertiary/aromatic N) is 2. The van der Waals surface area contributed by atoms with Gasteiger partial charge in [0, 0.05) is 0 Å². The molecule has 0 spiro atoms. The lowest BCUT2D eigenvalue weighted by Crippen LogP contribution is -2.07. The quantitative estimate of drug-likeness (QED) is 0.467. The van der Waals surface area contributed by atoms with Crippen molar-refractivity contribution < 1.29 is 9.59 Å². The van der Waals surface area contributed by atoms with Gasteiger partial charge in [0.2, 0.25) is 12.2 Å². The molecule has 0 aromatic rings. The van der Waals surface area contributed by atoms with Crippen LogP contribution >= 0.6 is 0 Å². The van der Waals surface area contributed by atoms with Gasteiger partial charge in [-0.25, -0.2) is 9.59 Å². The summed E-state index contributed by atoms with van der Waals surface area (Å²) in [6.45, 7) is 0. The Labute approximate surface area is 75.1 Å². The van der Waals surface area contributed by atoms with E-state index in [2.05, 4.69) is 9.98 Å². The fraction of sp³-hybridized carbons (Fsp3) is 0.556. The highest BCUT2D eigenvalue weighted by Crippen LogP contribution is 2.45. The van der Waals surface area contributed by atoms with Crippen molar-refractivity contribution in [2.24, 2.45) is 15.9 Å². The molecule has 66 valence electrons. The predicted octanol–water partition coefficient (Wildman–Crippen LogP) is 1.09. The molecule has 0 radical (unpaired) electrons. The summed E-state index contributed by atoms with van der Waals surface area (Å²) in [4.78, 5) is 27.5. The zero-order valence-corrected chi connectivity index (χ0v) is 6.99. The van der Waals surface area contributed by atoms with Crippen LogP contribution in [0, 0.1) is 5.92 Å². The van der Waals surface area contributed by atoms with Crippen molar-refractivity contribution >= 4 is 12.2 Å². The Morgan fingerprint density at radius 3 is 2.69 bits per heavy atom. The monoisotopic (exact) mass is 176 g/mol. The molecule has 2 bridgehead atoms. The van der Waals surface area contributed by atoms with Gasteiger partial charge in [-0.15, -0.1) is 0 Å². The van der Waals surface area contributed by atoms with Gasteiger partial charge < -0.3 is 0 Å². The molecule has 2 atom stereocenters. The molecule has 0 N–H and O–H groups in total. The van der Waals surface area contributed by atoms with Gasteiger partial charge in [-0.2, -0.15) is 9.98 Å². The van der Waals surface area contributed by atoms with E-state index in [1.165, 1.54) is 6.08 Å². The van der Waals surface area contributed by atoms with Gasteiger partial charge >= 0.3 is 0 Å². The average Bonchev–Trinajstić information content (AvgIpc) is 2.64. The molecule has 1 fully saturated rings. The van der Waals surface area contributed by atoms with Crippen LogP contribution in [-0.4, -0.2) is 18.2 Å². The van der Waals surface area contributed by atoms with Gasteiger partial charge in [-0.05, 0) is 30.8 Å². The summed E-state index contributed by atoms with van der Waals surface area (Å²) in [5.41, 5.74) is 1.83. The predicted molar refractivity (Wildman–Crippen MR) is 44.4 cm³/mol. The molecule has 2 rings (SSSR count). The van der Waals surface area contributed by atoms with E-state index in [1.807, 2.05) is 0 Å². The van der Waals surface area contributed by atoms with Crippen LogP contribution in [0.15, 0.2) is 21.3 Å². The van der Waals surface area contributed by atoms with E-state index in [0.717, 1.165) is 30.5 Å². The summed E-state index contributed by atoms with van der Waals surface area (Å²) in [6.07, 6.45) is 5.77. The van der Waals surface area contributed by atoms with E-state index in [1.54, 1.807) is 6.08 Å². The average molecular weight is 176 g/mol. The molecular formula is C9H8N2O2. The van der Waals surface area contributed by atoms with Crippen molar-refractivity contribution in [2.75, 3.05) is 0 Å².